The Balaban J connectivity index is 2.85. The van der Waals surface area contributed by atoms with Crippen LogP contribution in [0.4, 0.5) is 0 Å². The Kier molecular flexibility index (Phi) is 5.87. The zero-order chi connectivity index (χ0) is 14.4. The molecule has 0 fully saturated rings. The zero-order valence-corrected chi connectivity index (χ0v) is 12.3. The van der Waals surface area contributed by atoms with Gasteiger partial charge in [0, 0.05) is 6.42 Å². The first kappa shape index (κ1) is 15.5. The lowest BCUT2D eigenvalue weighted by Gasteiger charge is -2.19. The first-order valence-corrected chi connectivity index (χ1v) is 6.90. The van der Waals surface area contributed by atoms with Crippen molar-refractivity contribution in [2.45, 2.75) is 52.4 Å². The maximum atomic E-state index is 10.5. The highest BCUT2D eigenvalue weighted by Gasteiger charge is 2.14. The van der Waals surface area contributed by atoms with Gasteiger partial charge in [0.25, 0.3) is 0 Å². The van der Waals surface area contributed by atoms with Crippen LogP contribution < -0.4 is 4.74 Å². The lowest BCUT2D eigenvalue weighted by atomic mass is 9.94. The molecule has 0 aliphatic rings. The van der Waals surface area contributed by atoms with Gasteiger partial charge in [-0.1, -0.05) is 45.9 Å². The van der Waals surface area contributed by atoms with E-state index in [0.717, 1.165) is 5.75 Å². The van der Waals surface area contributed by atoms with Crippen LogP contribution in [-0.4, -0.2) is 17.7 Å². The van der Waals surface area contributed by atoms with Crippen LogP contribution in [0.25, 0.3) is 0 Å². The molecule has 1 aromatic rings. The van der Waals surface area contributed by atoms with Crippen LogP contribution in [0, 0.1) is 0 Å². The molecule has 3 heteroatoms. The lowest BCUT2D eigenvalue weighted by Crippen LogP contribution is -2.07. The van der Waals surface area contributed by atoms with Crippen LogP contribution in [-0.2, 0) is 4.79 Å². The van der Waals surface area contributed by atoms with Crippen molar-refractivity contribution in [3.63, 3.8) is 0 Å². The minimum atomic E-state index is -0.773. The van der Waals surface area contributed by atoms with E-state index in [1.807, 2.05) is 0 Å². The Morgan fingerprint density at radius 3 is 2.11 bits per heavy atom. The molecule has 0 aliphatic carbocycles. The van der Waals surface area contributed by atoms with Gasteiger partial charge < -0.3 is 9.84 Å². The Bertz CT molecular complexity index is 396. The Morgan fingerprint density at radius 2 is 1.68 bits per heavy atom. The van der Waals surface area contributed by atoms with Gasteiger partial charge in [0.05, 0.1) is 6.61 Å². The summed E-state index contributed by atoms with van der Waals surface area (Å²) in [5.41, 5.74) is 2.39. The van der Waals surface area contributed by atoms with Crippen molar-refractivity contribution in [3.05, 3.63) is 29.3 Å². The summed E-state index contributed by atoms with van der Waals surface area (Å²) in [4.78, 5) is 10.5. The Morgan fingerprint density at radius 1 is 1.16 bits per heavy atom. The van der Waals surface area contributed by atoms with Crippen molar-refractivity contribution < 1.29 is 14.6 Å². The Labute approximate surface area is 115 Å². The van der Waals surface area contributed by atoms with Crippen molar-refractivity contribution >= 4 is 5.97 Å². The van der Waals surface area contributed by atoms with E-state index in [-0.39, 0.29) is 6.42 Å². The van der Waals surface area contributed by atoms with Crippen LogP contribution in [0.5, 0.6) is 5.75 Å². The van der Waals surface area contributed by atoms with E-state index in [1.54, 1.807) is 0 Å². The van der Waals surface area contributed by atoms with Gasteiger partial charge in [0.2, 0.25) is 0 Å². The summed E-state index contributed by atoms with van der Waals surface area (Å²) in [5.74, 6) is 0.962. The average Bonchev–Trinajstić information content (AvgIpc) is 2.33. The van der Waals surface area contributed by atoms with Gasteiger partial charge in [-0.05, 0) is 29.4 Å². The maximum Gasteiger partial charge on any atom is 0.303 e. The molecular formula is C16H24O3. The highest BCUT2D eigenvalue weighted by Crippen LogP contribution is 2.34. The van der Waals surface area contributed by atoms with Crippen molar-refractivity contribution in [3.8, 4) is 5.75 Å². The monoisotopic (exact) mass is 264 g/mol. The molecule has 0 aromatic heterocycles. The zero-order valence-electron chi connectivity index (χ0n) is 12.3. The van der Waals surface area contributed by atoms with Crippen LogP contribution in [0.15, 0.2) is 18.2 Å². The number of carbonyl (C=O) groups is 1. The average molecular weight is 264 g/mol. The second kappa shape index (κ2) is 7.17. The van der Waals surface area contributed by atoms with Crippen molar-refractivity contribution in [1.82, 2.24) is 0 Å². The van der Waals surface area contributed by atoms with E-state index in [0.29, 0.717) is 24.9 Å². The number of aliphatic carboxylic acids is 1. The summed E-state index contributed by atoms with van der Waals surface area (Å²) in [6.07, 6.45) is 0.695. The maximum absolute atomic E-state index is 10.5. The summed E-state index contributed by atoms with van der Waals surface area (Å²) >= 11 is 0. The third-order valence-electron chi connectivity index (χ3n) is 3.10. The highest BCUT2D eigenvalue weighted by molar-refractivity contribution is 5.66. The van der Waals surface area contributed by atoms with Crippen LogP contribution >= 0.6 is 0 Å². The molecule has 0 saturated heterocycles. The highest BCUT2D eigenvalue weighted by atomic mass is 16.5. The van der Waals surface area contributed by atoms with Gasteiger partial charge in [-0.3, -0.25) is 4.79 Å². The van der Waals surface area contributed by atoms with Gasteiger partial charge in [-0.25, -0.2) is 0 Å². The normalized spacial score (nSPS) is 11.1. The van der Waals surface area contributed by atoms with E-state index >= 15 is 0 Å². The molecule has 106 valence electrons. The molecule has 0 amide bonds. The van der Waals surface area contributed by atoms with Gasteiger partial charge in [-0.2, -0.15) is 0 Å². The minimum absolute atomic E-state index is 0.154. The number of para-hydroxylation sites is 1. The molecule has 0 spiro atoms. The van der Waals surface area contributed by atoms with E-state index in [4.69, 9.17) is 9.84 Å². The predicted octanol–water partition coefficient (Wildman–Crippen LogP) is 4.18. The molecule has 1 rings (SSSR count). The number of hydrogen-bond acceptors (Lipinski definition) is 2. The largest absolute Gasteiger partial charge is 0.493 e. The minimum Gasteiger partial charge on any atom is -0.493 e. The smallest absolute Gasteiger partial charge is 0.303 e. The fourth-order valence-electron chi connectivity index (χ4n) is 2.05. The topological polar surface area (TPSA) is 46.5 Å². The molecular weight excluding hydrogens is 240 g/mol. The van der Waals surface area contributed by atoms with E-state index < -0.39 is 5.97 Å². The number of carboxylic acids is 1. The van der Waals surface area contributed by atoms with Crippen LogP contribution in [0.3, 0.4) is 0 Å². The molecule has 19 heavy (non-hydrogen) atoms. The van der Waals surface area contributed by atoms with Crippen molar-refractivity contribution in [1.29, 1.82) is 0 Å². The number of carboxylic acid groups (broad SMARTS) is 1. The number of rotatable bonds is 7. The molecule has 0 heterocycles. The fourth-order valence-corrected chi connectivity index (χ4v) is 2.05. The van der Waals surface area contributed by atoms with Gasteiger partial charge >= 0.3 is 5.97 Å². The van der Waals surface area contributed by atoms with Gasteiger partial charge in [0.1, 0.15) is 5.75 Å². The summed E-state index contributed by atoms with van der Waals surface area (Å²) < 4.78 is 5.88. The molecule has 0 saturated carbocycles. The fraction of sp³-hybridized carbons (Fsp3) is 0.562. The molecule has 3 nitrogen and oxygen atoms in total. The first-order valence-electron chi connectivity index (χ1n) is 6.90. The number of hydrogen-bond donors (Lipinski definition) is 1. The molecule has 0 aliphatic heterocycles. The summed E-state index contributed by atoms with van der Waals surface area (Å²) in [7, 11) is 0. The van der Waals surface area contributed by atoms with Gasteiger partial charge in [0.15, 0.2) is 0 Å². The quantitative estimate of drug-likeness (QED) is 0.751. The van der Waals surface area contributed by atoms with Crippen molar-refractivity contribution in [2.24, 2.45) is 0 Å². The molecule has 0 bridgehead atoms. The molecule has 1 aromatic carbocycles. The Hall–Kier alpha value is -1.51. The number of benzene rings is 1. The summed E-state index contributed by atoms with van der Waals surface area (Å²) in [5, 5.41) is 8.64. The molecule has 0 radical (unpaired) electrons. The summed E-state index contributed by atoms with van der Waals surface area (Å²) in [6, 6.07) is 6.24. The molecule has 1 N–H and O–H groups in total. The second-order valence-electron chi connectivity index (χ2n) is 5.42. The van der Waals surface area contributed by atoms with E-state index in [1.165, 1.54) is 11.1 Å². The first-order chi connectivity index (χ1) is 8.93. The third-order valence-corrected chi connectivity index (χ3v) is 3.10. The molecule has 0 unspecified atom stereocenters. The van der Waals surface area contributed by atoms with Crippen molar-refractivity contribution in [2.75, 3.05) is 6.61 Å². The van der Waals surface area contributed by atoms with Crippen LogP contribution in [0.2, 0.25) is 0 Å². The van der Waals surface area contributed by atoms with Gasteiger partial charge in [-0.15, -0.1) is 0 Å². The van der Waals surface area contributed by atoms with E-state index in [9.17, 15) is 4.79 Å². The lowest BCUT2D eigenvalue weighted by molar-refractivity contribution is -0.137. The third kappa shape index (κ3) is 4.58. The second-order valence-corrected chi connectivity index (χ2v) is 5.42. The SMILES string of the molecule is CC(C)c1cccc(C(C)C)c1OCCCC(=O)O. The van der Waals surface area contributed by atoms with E-state index in [2.05, 4.69) is 45.9 Å². The predicted molar refractivity (Wildman–Crippen MR) is 77.0 cm³/mol. The molecule has 0 atom stereocenters. The summed E-state index contributed by atoms with van der Waals surface area (Å²) in [6.45, 7) is 9.02. The van der Waals surface area contributed by atoms with Crippen LogP contribution in [0.1, 0.15) is 63.5 Å². The number of ether oxygens (including phenoxy) is 1. The standard InChI is InChI=1S/C16H24O3/c1-11(2)13-7-5-8-14(12(3)4)16(13)19-10-6-9-15(17)18/h5,7-8,11-12H,6,9-10H2,1-4H3,(H,17,18).